The Morgan fingerprint density at radius 2 is 1.64 bits per heavy atom. The second kappa shape index (κ2) is 10.3. The number of benzene rings is 2. The maximum Gasteiger partial charge on any atom is 0.164 e. The van der Waals surface area contributed by atoms with Crippen molar-refractivity contribution in [1.29, 1.82) is 0 Å². The van der Waals surface area contributed by atoms with E-state index in [0.29, 0.717) is 18.4 Å². The Hall–Kier alpha value is -2.24. The van der Waals surface area contributed by atoms with E-state index < -0.39 is 0 Å². The minimum absolute atomic E-state index is 0.303. The molecule has 0 unspecified atom stereocenters. The van der Waals surface area contributed by atoms with Crippen LogP contribution < -0.4 is 19.5 Å². The molecule has 1 fully saturated rings. The number of rotatable bonds is 9. The van der Waals surface area contributed by atoms with Gasteiger partial charge in [0.05, 0.1) is 14.2 Å². The average molecular weight is 385 g/mol. The highest BCUT2D eigenvalue weighted by molar-refractivity contribution is 5.52. The largest absolute Gasteiger partial charge is 0.493 e. The van der Waals surface area contributed by atoms with Crippen molar-refractivity contribution < 1.29 is 14.2 Å². The van der Waals surface area contributed by atoms with Crippen LogP contribution in [0.25, 0.3) is 0 Å². The number of piperazine rings is 1. The van der Waals surface area contributed by atoms with Crippen LogP contribution in [0, 0.1) is 0 Å². The van der Waals surface area contributed by atoms with Crippen LogP contribution in [0.15, 0.2) is 42.5 Å². The Balaban J connectivity index is 1.94. The summed E-state index contributed by atoms with van der Waals surface area (Å²) in [6.45, 7) is 6.89. The zero-order valence-corrected chi connectivity index (χ0v) is 17.2. The molecular formula is C23H32N2O3. The predicted octanol–water partition coefficient (Wildman–Crippen LogP) is 4.03. The maximum atomic E-state index is 6.31. The van der Waals surface area contributed by atoms with Crippen LogP contribution in [0.3, 0.4) is 0 Å². The molecule has 152 valence electrons. The topological polar surface area (TPSA) is 43.0 Å². The quantitative estimate of drug-likeness (QED) is 0.707. The van der Waals surface area contributed by atoms with Gasteiger partial charge in [0.1, 0.15) is 12.4 Å². The van der Waals surface area contributed by atoms with Crippen LogP contribution in [0.2, 0.25) is 0 Å². The first kappa shape index (κ1) is 20.5. The summed E-state index contributed by atoms with van der Waals surface area (Å²) in [4.78, 5) is 2.55. The molecular weight excluding hydrogens is 352 g/mol. The van der Waals surface area contributed by atoms with Gasteiger partial charge in [0.25, 0.3) is 0 Å². The fourth-order valence-corrected chi connectivity index (χ4v) is 3.80. The monoisotopic (exact) mass is 384 g/mol. The second-order valence-electron chi connectivity index (χ2n) is 7.11. The minimum Gasteiger partial charge on any atom is -0.493 e. The van der Waals surface area contributed by atoms with Crippen LogP contribution in [-0.2, 0) is 6.61 Å². The van der Waals surface area contributed by atoms with Crippen molar-refractivity contribution in [3.05, 3.63) is 53.6 Å². The van der Waals surface area contributed by atoms with Gasteiger partial charge in [0, 0.05) is 43.9 Å². The molecule has 3 rings (SSSR count). The Kier molecular flexibility index (Phi) is 7.57. The van der Waals surface area contributed by atoms with Gasteiger partial charge in [-0.2, -0.15) is 0 Å². The first-order valence-electron chi connectivity index (χ1n) is 10.1. The van der Waals surface area contributed by atoms with Crippen LogP contribution >= 0.6 is 0 Å². The number of methoxy groups -OCH3 is 2. The third-order valence-electron chi connectivity index (χ3n) is 5.27. The normalized spacial score (nSPS) is 15.8. The lowest BCUT2D eigenvalue weighted by molar-refractivity contribution is 0.159. The second-order valence-corrected chi connectivity index (χ2v) is 7.11. The highest BCUT2D eigenvalue weighted by Gasteiger charge is 2.26. The third-order valence-corrected chi connectivity index (χ3v) is 5.27. The van der Waals surface area contributed by atoms with Gasteiger partial charge < -0.3 is 19.5 Å². The molecule has 2 aromatic carbocycles. The summed E-state index contributed by atoms with van der Waals surface area (Å²) in [5.41, 5.74) is 2.33. The number of nitrogens with one attached hydrogen (secondary N) is 1. The zero-order valence-electron chi connectivity index (χ0n) is 17.2. The van der Waals surface area contributed by atoms with Gasteiger partial charge in [-0.3, -0.25) is 4.90 Å². The van der Waals surface area contributed by atoms with Crippen molar-refractivity contribution >= 4 is 0 Å². The molecule has 1 heterocycles. The molecule has 28 heavy (non-hydrogen) atoms. The van der Waals surface area contributed by atoms with Gasteiger partial charge in [0.2, 0.25) is 0 Å². The molecule has 1 atom stereocenters. The smallest absolute Gasteiger partial charge is 0.164 e. The molecule has 0 bridgehead atoms. The average Bonchev–Trinajstić information content (AvgIpc) is 2.77. The molecule has 1 aliphatic rings. The Morgan fingerprint density at radius 3 is 2.29 bits per heavy atom. The van der Waals surface area contributed by atoms with Crippen molar-refractivity contribution in [3.8, 4) is 17.2 Å². The summed E-state index contributed by atoms with van der Waals surface area (Å²) in [6, 6.07) is 14.6. The van der Waals surface area contributed by atoms with Gasteiger partial charge in [-0.15, -0.1) is 0 Å². The molecule has 1 N–H and O–H groups in total. The lowest BCUT2D eigenvalue weighted by Crippen LogP contribution is -2.45. The van der Waals surface area contributed by atoms with Crippen molar-refractivity contribution in [2.75, 3.05) is 40.4 Å². The molecule has 0 radical (unpaired) electrons. The third kappa shape index (κ3) is 4.97. The maximum absolute atomic E-state index is 6.31. The summed E-state index contributed by atoms with van der Waals surface area (Å²) >= 11 is 0. The van der Waals surface area contributed by atoms with E-state index >= 15 is 0 Å². The van der Waals surface area contributed by atoms with Gasteiger partial charge in [-0.1, -0.05) is 43.7 Å². The number of ether oxygens (including phenoxy) is 3. The van der Waals surface area contributed by atoms with E-state index in [1.165, 1.54) is 5.56 Å². The molecule has 0 saturated carbocycles. The van der Waals surface area contributed by atoms with Crippen molar-refractivity contribution in [2.45, 2.75) is 32.4 Å². The summed E-state index contributed by atoms with van der Waals surface area (Å²) < 4.78 is 17.4. The van der Waals surface area contributed by atoms with Crippen LogP contribution in [0.1, 0.15) is 36.9 Å². The predicted molar refractivity (Wildman–Crippen MR) is 112 cm³/mol. The first-order chi connectivity index (χ1) is 13.8. The fraction of sp³-hybridized carbons (Fsp3) is 0.478. The van der Waals surface area contributed by atoms with E-state index in [9.17, 15) is 0 Å². The molecule has 2 aromatic rings. The minimum atomic E-state index is 0.303. The van der Waals surface area contributed by atoms with Crippen molar-refractivity contribution in [3.63, 3.8) is 0 Å². The van der Waals surface area contributed by atoms with Crippen LogP contribution in [-0.4, -0.2) is 45.3 Å². The highest BCUT2D eigenvalue weighted by atomic mass is 16.5. The molecule has 5 heteroatoms. The standard InChI is InChI=1S/C23H32N2O3/c1-4-8-20(25-13-11-24-12-14-25)19-15-22(26-2)23(27-3)16-21(19)28-17-18-9-6-5-7-10-18/h5-7,9-10,15-16,20,24H,4,8,11-14,17H2,1-3H3/t20-/m0/s1. The molecule has 0 aromatic heterocycles. The van der Waals surface area contributed by atoms with Gasteiger partial charge in [-0.25, -0.2) is 0 Å². The first-order valence-corrected chi connectivity index (χ1v) is 10.1. The Morgan fingerprint density at radius 1 is 0.964 bits per heavy atom. The Labute approximate surface area is 168 Å². The van der Waals surface area contributed by atoms with E-state index in [0.717, 1.165) is 56.1 Å². The summed E-state index contributed by atoms with van der Waals surface area (Å²) in [5.74, 6) is 2.32. The number of hydrogen-bond donors (Lipinski definition) is 1. The van der Waals surface area contributed by atoms with E-state index in [2.05, 4.69) is 35.3 Å². The van der Waals surface area contributed by atoms with Gasteiger partial charge in [0.15, 0.2) is 11.5 Å². The number of hydrogen-bond acceptors (Lipinski definition) is 5. The van der Waals surface area contributed by atoms with Gasteiger partial charge in [-0.05, 0) is 18.1 Å². The lowest BCUT2D eigenvalue weighted by atomic mass is 9.98. The van der Waals surface area contributed by atoms with Gasteiger partial charge >= 0.3 is 0 Å². The zero-order chi connectivity index (χ0) is 19.8. The summed E-state index contributed by atoms with van der Waals surface area (Å²) in [5, 5.41) is 3.45. The Bertz CT molecular complexity index is 730. The van der Waals surface area contributed by atoms with Crippen LogP contribution in [0.5, 0.6) is 17.2 Å². The molecule has 1 saturated heterocycles. The lowest BCUT2D eigenvalue weighted by Gasteiger charge is -2.36. The fourth-order valence-electron chi connectivity index (χ4n) is 3.80. The molecule has 0 aliphatic carbocycles. The highest BCUT2D eigenvalue weighted by Crippen LogP contribution is 2.41. The van der Waals surface area contributed by atoms with E-state index in [1.807, 2.05) is 24.3 Å². The summed E-state index contributed by atoms with van der Waals surface area (Å²) in [7, 11) is 3.35. The van der Waals surface area contributed by atoms with E-state index in [4.69, 9.17) is 14.2 Å². The molecule has 0 amide bonds. The van der Waals surface area contributed by atoms with E-state index in [-0.39, 0.29) is 0 Å². The molecule has 5 nitrogen and oxygen atoms in total. The van der Waals surface area contributed by atoms with Crippen molar-refractivity contribution in [2.24, 2.45) is 0 Å². The van der Waals surface area contributed by atoms with Crippen molar-refractivity contribution in [1.82, 2.24) is 10.2 Å². The molecule has 0 spiro atoms. The SMILES string of the molecule is CCC[C@@H](c1cc(OC)c(OC)cc1OCc1ccccc1)N1CCNCC1. The van der Waals surface area contributed by atoms with Crippen LogP contribution in [0.4, 0.5) is 0 Å². The van der Waals surface area contributed by atoms with E-state index in [1.54, 1.807) is 14.2 Å². The summed E-state index contributed by atoms with van der Waals surface area (Å²) in [6.07, 6.45) is 2.19. The molecule has 1 aliphatic heterocycles. The number of nitrogens with zero attached hydrogens (tertiary/aromatic N) is 1.